The van der Waals surface area contributed by atoms with Gasteiger partial charge in [-0.2, -0.15) is 0 Å². The molecule has 3 aromatic rings. The lowest BCUT2D eigenvalue weighted by Gasteiger charge is -2.11. The van der Waals surface area contributed by atoms with Gasteiger partial charge in [-0.1, -0.05) is 29.8 Å². The van der Waals surface area contributed by atoms with Gasteiger partial charge in [0.1, 0.15) is 17.2 Å². The molecule has 0 heterocycles. The van der Waals surface area contributed by atoms with Crippen molar-refractivity contribution < 1.29 is 19.1 Å². The van der Waals surface area contributed by atoms with Crippen LogP contribution in [0.15, 0.2) is 72.8 Å². The van der Waals surface area contributed by atoms with Crippen LogP contribution >= 0.6 is 11.6 Å². The highest BCUT2D eigenvalue weighted by atomic mass is 35.5. The number of halogens is 1. The highest BCUT2D eigenvalue weighted by molar-refractivity contribution is 6.34. The predicted molar refractivity (Wildman–Crippen MR) is 113 cm³/mol. The summed E-state index contributed by atoms with van der Waals surface area (Å²) < 4.78 is 11.2. The first-order valence-electron chi connectivity index (χ1n) is 8.82. The maximum atomic E-state index is 12.1. The lowest BCUT2D eigenvalue weighted by molar-refractivity contribution is -0.118. The first kappa shape index (κ1) is 20.2. The summed E-state index contributed by atoms with van der Waals surface area (Å²) in [6.45, 7) is 1.23. The first-order chi connectivity index (χ1) is 14.0. The van der Waals surface area contributed by atoms with Gasteiger partial charge in [0.05, 0.1) is 10.7 Å². The molecule has 29 heavy (non-hydrogen) atoms. The fourth-order valence-electron chi connectivity index (χ4n) is 2.46. The Morgan fingerprint density at radius 1 is 0.862 bits per heavy atom. The van der Waals surface area contributed by atoms with Crippen LogP contribution in [0.2, 0.25) is 5.02 Å². The second-order valence-electron chi connectivity index (χ2n) is 6.10. The Morgan fingerprint density at radius 3 is 2.17 bits per heavy atom. The van der Waals surface area contributed by atoms with E-state index in [4.69, 9.17) is 21.1 Å². The topological polar surface area (TPSA) is 76.7 Å². The number of carbonyl (C=O) groups is 2. The van der Waals surface area contributed by atoms with Crippen molar-refractivity contribution in [1.29, 1.82) is 0 Å². The summed E-state index contributed by atoms with van der Waals surface area (Å²) in [6.07, 6.45) is 0. The SMILES string of the molecule is CC(=O)Nc1ccc(NC(=O)COc2ccc(Oc3ccccc3)cc2)c(Cl)c1. The Hall–Kier alpha value is -3.51. The minimum Gasteiger partial charge on any atom is -0.484 e. The van der Waals surface area contributed by atoms with Gasteiger partial charge < -0.3 is 20.1 Å². The fourth-order valence-corrected chi connectivity index (χ4v) is 2.69. The molecule has 0 aromatic heterocycles. The van der Waals surface area contributed by atoms with Crippen molar-refractivity contribution >= 4 is 34.8 Å². The van der Waals surface area contributed by atoms with Gasteiger partial charge in [-0.15, -0.1) is 0 Å². The molecule has 2 N–H and O–H groups in total. The summed E-state index contributed by atoms with van der Waals surface area (Å²) in [5.41, 5.74) is 0.982. The van der Waals surface area contributed by atoms with Gasteiger partial charge in [-0.05, 0) is 54.6 Å². The van der Waals surface area contributed by atoms with E-state index in [2.05, 4.69) is 10.6 Å². The molecule has 7 heteroatoms. The van der Waals surface area contributed by atoms with Gasteiger partial charge >= 0.3 is 0 Å². The third kappa shape index (κ3) is 6.26. The van der Waals surface area contributed by atoms with Gasteiger partial charge in [-0.25, -0.2) is 0 Å². The highest BCUT2D eigenvalue weighted by Crippen LogP contribution is 2.26. The Balaban J connectivity index is 1.51. The van der Waals surface area contributed by atoms with Crippen LogP contribution < -0.4 is 20.1 Å². The summed E-state index contributed by atoms with van der Waals surface area (Å²) in [6, 6.07) is 21.2. The van der Waals surface area contributed by atoms with Gasteiger partial charge in [0.15, 0.2) is 6.61 Å². The molecule has 0 saturated carbocycles. The van der Waals surface area contributed by atoms with Crippen LogP contribution in [0, 0.1) is 0 Å². The maximum absolute atomic E-state index is 12.1. The first-order valence-corrected chi connectivity index (χ1v) is 9.20. The molecule has 3 aromatic carbocycles. The van der Waals surface area contributed by atoms with Crippen molar-refractivity contribution in [3.05, 3.63) is 77.8 Å². The summed E-state index contributed by atoms with van der Waals surface area (Å²) >= 11 is 6.14. The van der Waals surface area contributed by atoms with Gasteiger partial charge in [0.2, 0.25) is 5.91 Å². The van der Waals surface area contributed by atoms with Crippen LogP contribution in [-0.2, 0) is 9.59 Å². The maximum Gasteiger partial charge on any atom is 0.262 e. The normalized spacial score (nSPS) is 10.1. The van der Waals surface area contributed by atoms with Crippen LogP contribution in [0.25, 0.3) is 0 Å². The molecular formula is C22H19ClN2O4. The number of anilines is 2. The molecule has 6 nitrogen and oxygen atoms in total. The number of benzene rings is 3. The lowest BCUT2D eigenvalue weighted by Crippen LogP contribution is -2.20. The molecule has 0 aliphatic heterocycles. The molecule has 2 amide bonds. The smallest absolute Gasteiger partial charge is 0.262 e. The molecule has 0 aliphatic carbocycles. The van der Waals surface area contributed by atoms with Crippen LogP contribution in [0.3, 0.4) is 0 Å². The average molecular weight is 411 g/mol. The molecule has 0 bridgehead atoms. The summed E-state index contributed by atoms with van der Waals surface area (Å²) in [5, 5.41) is 5.61. The van der Waals surface area contributed by atoms with Crippen molar-refractivity contribution in [1.82, 2.24) is 0 Å². The molecule has 0 radical (unpaired) electrons. The van der Waals surface area contributed by atoms with Crippen molar-refractivity contribution in [2.45, 2.75) is 6.92 Å². The zero-order chi connectivity index (χ0) is 20.6. The second kappa shape index (κ2) is 9.61. The Labute approximate surface area is 173 Å². The number of amides is 2. The van der Waals surface area contributed by atoms with Crippen molar-refractivity contribution in [3.63, 3.8) is 0 Å². The zero-order valence-corrected chi connectivity index (χ0v) is 16.4. The van der Waals surface area contributed by atoms with E-state index in [1.54, 1.807) is 42.5 Å². The number of para-hydroxylation sites is 1. The van der Waals surface area contributed by atoms with Crippen molar-refractivity contribution in [2.75, 3.05) is 17.2 Å². The summed E-state index contributed by atoms with van der Waals surface area (Å²) in [5.74, 6) is 1.38. The second-order valence-corrected chi connectivity index (χ2v) is 6.51. The predicted octanol–water partition coefficient (Wildman–Crippen LogP) is 5.11. The largest absolute Gasteiger partial charge is 0.484 e. The standard InChI is InChI=1S/C22H19ClN2O4/c1-15(26)24-16-7-12-21(20(23)13-16)25-22(27)14-28-17-8-10-19(11-9-17)29-18-5-3-2-4-6-18/h2-13H,14H2,1H3,(H,24,26)(H,25,27). The van der Waals surface area contributed by atoms with Gasteiger partial charge in [-0.3, -0.25) is 9.59 Å². The number of carbonyl (C=O) groups excluding carboxylic acids is 2. The number of ether oxygens (including phenoxy) is 2. The van der Waals surface area contributed by atoms with Crippen molar-refractivity contribution in [3.8, 4) is 17.2 Å². The zero-order valence-electron chi connectivity index (χ0n) is 15.6. The summed E-state index contributed by atoms with van der Waals surface area (Å²) in [7, 11) is 0. The fraction of sp³-hybridized carbons (Fsp3) is 0.0909. The third-order valence-electron chi connectivity index (χ3n) is 3.74. The third-order valence-corrected chi connectivity index (χ3v) is 4.05. The van der Waals surface area contributed by atoms with E-state index >= 15 is 0 Å². The molecule has 0 fully saturated rings. The van der Waals surface area contributed by atoms with E-state index in [-0.39, 0.29) is 18.4 Å². The Bertz CT molecular complexity index is 991. The van der Waals surface area contributed by atoms with E-state index < -0.39 is 0 Å². The van der Waals surface area contributed by atoms with Crippen LogP contribution in [-0.4, -0.2) is 18.4 Å². The number of rotatable bonds is 7. The van der Waals surface area contributed by atoms with Crippen molar-refractivity contribution in [2.24, 2.45) is 0 Å². The van der Waals surface area contributed by atoms with Gasteiger partial charge in [0, 0.05) is 12.6 Å². The van der Waals surface area contributed by atoms with Gasteiger partial charge in [0.25, 0.3) is 5.91 Å². The number of nitrogens with one attached hydrogen (secondary N) is 2. The molecule has 148 valence electrons. The van der Waals surface area contributed by atoms with Crippen LogP contribution in [0.4, 0.5) is 11.4 Å². The van der Waals surface area contributed by atoms with E-state index in [9.17, 15) is 9.59 Å². The Kier molecular flexibility index (Phi) is 6.71. The number of hydrogen-bond donors (Lipinski definition) is 2. The molecule has 0 aliphatic rings. The van der Waals surface area contributed by atoms with E-state index in [0.29, 0.717) is 27.9 Å². The monoisotopic (exact) mass is 410 g/mol. The number of hydrogen-bond acceptors (Lipinski definition) is 4. The minimum absolute atomic E-state index is 0.178. The highest BCUT2D eigenvalue weighted by Gasteiger charge is 2.08. The van der Waals surface area contributed by atoms with E-state index in [0.717, 1.165) is 5.75 Å². The van der Waals surface area contributed by atoms with Crippen LogP contribution in [0.1, 0.15) is 6.92 Å². The molecule has 0 spiro atoms. The molecule has 0 saturated heterocycles. The molecule has 3 rings (SSSR count). The summed E-state index contributed by atoms with van der Waals surface area (Å²) in [4.78, 5) is 23.2. The average Bonchev–Trinajstić information content (AvgIpc) is 2.70. The quantitative estimate of drug-likeness (QED) is 0.567. The lowest BCUT2D eigenvalue weighted by atomic mass is 10.2. The minimum atomic E-state index is -0.358. The molecule has 0 atom stereocenters. The van der Waals surface area contributed by atoms with E-state index in [1.807, 2.05) is 30.3 Å². The van der Waals surface area contributed by atoms with Crippen LogP contribution in [0.5, 0.6) is 17.2 Å². The van der Waals surface area contributed by atoms with E-state index in [1.165, 1.54) is 6.92 Å². The molecule has 0 unspecified atom stereocenters. The molecular weight excluding hydrogens is 392 g/mol. The Morgan fingerprint density at radius 2 is 1.52 bits per heavy atom.